The summed E-state index contributed by atoms with van der Waals surface area (Å²) in [5.41, 5.74) is 1.01. The monoisotopic (exact) mass is 397 g/mol. The highest BCUT2D eigenvalue weighted by Crippen LogP contribution is 2.51. The Bertz CT molecular complexity index is 547. The second-order valence-corrected chi connectivity index (χ2v) is 7.55. The highest BCUT2D eigenvalue weighted by Gasteiger charge is 2.53. The number of hydrogen-bond donors (Lipinski definition) is 4. The normalized spacial score (nSPS) is 14.8. The lowest BCUT2D eigenvalue weighted by molar-refractivity contribution is -0.904. The van der Waals surface area contributed by atoms with Gasteiger partial charge < -0.3 is 41.5 Å². The largest absolute Gasteiger partial charge is 1.00 e. The van der Waals surface area contributed by atoms with Gasteiger partial charge in [-0.3, -0.25) is 4.57 Å². The summed E-state index contributed by atoms with van der Waals surface area (Å²) in [6, 6.07) is 9.44. The number of carboxylic acids is 1. The number of benzene rings is 1. The van der Waals surface area contributed by atoms with E-state index in [1.165, 1.54) is 0 Å². The van der Waals surface area contributed by atoms with E-state index in [0.29, 0.717) is 11.0 Å². The van der Waals surface area contributed by atoms with Crippen LogP contribution in [0.4, 0.5) is 0 Å². The number of carboxylic acid groups (broad SMARTS) is 1. The minimum Gasteiger partial charge on any atom is -1.00 e. The smallest absolute Gasteiger partial charge is 0.368 e. The number of rotatable bonds is 7. The van der Waals surface area contributed by atoms with Gasteiger partial charge in [-0.15, -0.1) is 0 Å². The third-order valence-electron chi connectivity index (χ3n) is 3.34. The van der Waals surface area contributed by atoms with Crippen molar-refractivity contribution in [3.05, 3.63) is 35.9 Å². The Morgan fingerprint density at radius 1 is 1.23 bits per heavy atom. The van der Waals surface area contributed by atoms with E-state index in [-0.39, 0.29) is 23.5 Å². The van der Waals surface area contributed by atoms with E-state index in [2.05, 4.69) is 0 Å². The van der Waals surface area contributed by atoms with Crippen LogP contribution in [-0.2, 0) is 15.9 Å². The molecule has 0 aliphatic carbocycles. The van der Waals surface area contributed by atoms with Crippen molar-refractivity contribution in [2.75, 3.05) is 20.6 Å². The summed E-state index contributed by atoms with van der Waals surface area (Å²) >= 11 is 0. The van der Waals surface area contributed by atoms with E-state index >= 15 is 0 Å². The zero-order valence-electron chi connectivity index (χ0n) is 12.4. The van der Waals surface area contributed by atoms with Crippen LogP contribution in [0, 0.1) is 0 Å². The molecule has 0 aliphatic heterocycles. The second kappa shape index (κ2) is 7.68. The molecule has 0 aliphatic rings. The molecular weight excluding hydrogens is 377 g/mol. The highest BCUT2D eigenvalue weighted by atomic mass is 79.9. The van der Waals surface area contributed by atoms with E-state index in [4.69, 9.17) is 14.9 Å². The first-order chi connectivity index (χ1) is 9.48. The summed E-state index contributed by atoms with van der Waals surface area (Å²) in [6.07, 6.45) is -0.535. The van der Waals surface area contributed by atoms with Gasteiger partial charge in [-0.2, -0.15) is 0 Å². The molecule has 22 heavy (non-hydrogen) atoms. The maximum absolute atomic E-state index is 11.2. The lowest BCUT2D eigenvalue weighted by atomic mass is 10.1. The molecule has 0 amide bonds. The van der Waals surface area contributed by atoms with Crippen LogP contribution in [0.1, 0.15) is 12.0 Å². The summed E-state index contributed by atoms with van der Waals surface area (Å²) < 4.78 is 11.5. The second-order valence-electron chi connectivity index (χ2n) is 5.72. The maximum atomic E-state index is 11.2. The van der Waals surface area contributed by atoms with Crippen LogP contribution >= 0.6 is 7.60 Å². The SMILES string of the molecule is C[N+](C)(CCC(O)(C(=O)O)P(=O)(O)O)Cc1ccccc1.[Br-]. The third kappa shape index (κ3) is 5.46. The Labute approximate surface area is 139 Å². The first-order valence-corrected chi connectivity index (χ1v) is 7.96. The molecule has 1 unspecified atom stereocenters. The van der Waals surface area contributed by atoms with Crippen LogP contribution in [0.5, 0.6) is 0 Å². The number of quaternary nitrogens is 1. The number of hydrogen-bond acceptors (Lipinski definition) is 3. The predicted octanol–water partition coefficient (Wildman–Crippen LogP) is -2.39. The number of aliphatic carboxylic acids is 1. The van der Waals surface area contributed by atoms with Crippen LogP contribution in [0.15, 0.2) is 30.3 Å². The summed E-state index contributed by atoms with van der Waals surface area (Å²) in [4.78, 5) is 29.1. The summed E-state index contributed by atoms with van der Waals surface area (Å²) in [5, 5.41) is 15.6. The van der Waals surface area contributed by atoms with Crippen molar-refractivity contribution in [3.8, 4) is 0 Å². The molecule has 4 N–H and O–H groups in total. The van der Waals surface area contributed by atoms with Crippen LogP contribution in [0.3, 0.4) is 0 Å². The molecule has 0 saturated carbocycles. The molecule has 0 fully saturated rings. The van der Waals surface area contributed by atoms with Crippen molar-refractivity contribution in [1.29, 1.82) is 0 Å². The standard InChI is InChI=1S/C13H20NO6P.BrH/c1-14(2,10-11-6-4-3-5-7-11)9-8-13(17,12(15)16)21(18,19)20;/h3-7,17H,8-10H2,1-2H3,(H2-,15,16,18,19,20);1H. The molecule has 0 saturated heterocycles. The van der Waals surface area contributed by atoms with Crippen LogP contribution in [-0.4, -0.2) is 56.4 Å². The van der Waals surface area contributed by atoms with Crippen molar-refractivity contribution in [3.63, 3.8) is 0 Å². The first kappa shape index (κ1) is 21.2. The minimum absolute atomic E-state index is 0. The molecule has 0 aromatic heterocycles. The van der Waals surface area contributed by atoms with Gasteiger partial charge >= 0.3 is 13.6 Å². The molecule has 0 heterocycles. The third-order valence-corrected chi connectivity index (χ3v) is 4.72. The minimum atomic E-state index is -5.17. The molecule has 1 aromatic rings. The van der Waals surface area contributed by atoms with Gasteiger partial charge in [0.1, 0.15) is 6.54 Å². The van der Waals surface area contributed by atoms with Gasteiger partial charge in [-0.1, -0.05) is 30.3 Å². The molecular formula is C13H21BrNO6P. The quantitative estimate of drug-likeness (QED) is 0.301. The maximum Gasteiger partial charge on any atom is 0.368 e. The van der Waals surface area contributed by atoms with Crippen LogP contribution in [0.25, 0.3) is 0 Å². The average molecular weight is 398 g/mol. The number of nitrogens with zero attached hydrogens (tertiary/aromatic N) is 1. The zero-order chi connectivity index (χ0) is 16.3. The Balaban J connectivity index is 0.00000441. The van der Waals surface area contributed by atoms with E-state index < -0.39 is 25.3 Å². The van der Waals surface area contributed by atoms with Crippen molar-refractivity contribution in [1.82, 2.24) is 0 Å². The van der Waals surface area contributed by atoms with Gasteiger partial charge in [0.05, 0.1) is 20.6 Å². The van der Waals surface area contributed by atoms with Gasteiger partial charge in [0.15, 0.2) is 0 Å². The van der Waals surface area contributed by atoms with E-state index in [9.17, 15) is 14.5 Å². The topological polar surface area (TPSA) is 115 Å². The summed E-state index contributed by atoms with van der Waals surface area (Å²) in [6.45, 7) is 0.653. The van der Waals surface area contributed by atoms with E-state index in [1.807, 2.05) is 30.3 Å². The van der Waals surface area contributed by atoms with Crippen molar-refractivity contribution < 1.29 is 50.8 Å². The number of carbonyl (C=O) groups is 1. The lowest BCUT2D eigenvalue weighted by Crippen LogP contribution is -3.00. The Morgan fingerprint density at radius 3 is 2.14 bits per heavy atom. The molecule has 1 aromatic carbocycles. The molecule has 1 rings (SSSR count). The fourth-order valence-electron chi connectivity index (χ4n) is 1.99. The molecule has 9 heteroatoms. The Morgan fingerprint density at radius 2 is 1.73 bits per heavy atom. The zero-order valence-corrected chi connectivity index (χ0v) is 14.9. The van der Waals surface area contributed by atoms with Gasteiger partial charge in [0.25, 0.3) is 5.34 Å². The first-order valence-electron chi connectivity index (χ1n) is 6.35. The van der Waals surface area contributed by atoms with Crippen LogP contribution in [0.2, 0.25) is 0 Å². The molecule has 0 radical (unpaired) electrons. The van der Waals surface area contributed by atoms with Crippen LogP contribution < -0.4 is 17.0 Å². The van der Waals surface area contributed by atoms with Gasteiger partial charge in [-0.25, -0.2) is 4.79 Å². The molecule has 0 spiro atoms. The Hall–Kier alpha value is -0.760. The predicted molar refractivity (Wildman–Crippen MR) is 76.4 cm³/mol. The molecule has 0 bridgehead atoms. The number of halogens is 1. The molecule has 126 valence electrons. The summed E-state index contributed by atoms with van der Waals surface area (Å²) in [5.74, 6) is -1.91. The average Bonchev–Trinajstić information content (AvgIpc) is 2.35. The van der Waals surface area contributed by atoms with Crippen molar-refractivity contribution >= 4 is 13.6 Å². The fourth-order valence-corrected chi connectivity index (χ4v) is 2.63. The van der Waals surface area contributed by atoms with E-state index in [1.54, 1.807) is 14.1 Å². The van der Waals surface area contributed by atoms with Gasteiger partial charge in [0, 0.05) is 12.0 Å². The molecule has 7 nitrogen and oxygen atoms in total. The highest BCUT2D eigenvalue weighted by molar-refractivity contribution is 7.54. The van der Waals surface area contributed by atoms with E-state index in [0.717, 1.165) is 5.56 Å². The summed E-state index contributed by atoms with van der Waals surface area (Å²) in [7, 11) is -1.57. The molecule has 1 atom stereocenters. The fraction of sp³-hybridized carbons (Fsp3) is 0.462. The van der Waals surface area contributed by atoms with Gasteiger partial charge in [0.2, 0.25) is 0 Å². The van der Waals surface area contributed by atoms with Gasteiger partial charge in [-0.05, 0) is 0 Å². The Kier molecular flexibility index (Phi) is 7.41. The number of aliphatic hydroxyl groups is 1. The lowest BCUT2D eigenvalue weighted by Gasteiger charge is -2.33. The van der Waals surface area contributed by atoms with Crippen molar-refractivity contribution in [2.45, 2.75) is 18.3 Å². The van der Waals surface area contributed by atoms with Crippen molar-refractivity contribution in [2.24, 2.45) is 0 Å².